The summed E-state index contributed by atoms with van der Waals surface area (Å²) < 4.78 is 62.2. The van der Waals surface area contributed by atoms with E-state index in [0.29, 0.717) is 0 Å². The van der Waals surface area contributed by atoms with E-state index in [1.165, 1.54) is 0 Å². The average molecular weight is 223 g/mol. The predicted molar refractivity (Wildman–Crippen MR) is 45.1 cm³/mol. The summed E-state index contributed by atoms with van der Waals surface area (Å²) in [5.41, 5.74) is -2.34. The van der Waals surface area contributed by atoms with Crippen LogP contribution in [-0.2, 0) is 0 Å². The second-order valence-electron chi connectivity index (χ2n) is 2.98. The van der Waals surface area contributed by atoms with Crippen LogP contribution < -0.4 is 5.46 Å². The molecule has 1 aromatic rings. The standard InChI is InChI=1S/C8H5BF5O/c1-4(15)5-2-6(9(12,13)14)8(11)3-7(5)10/h2-3H,1H3/q-1. The van der Waals surface area contributed by atoms with Crippen molar-refractivity contribution in [2.24, 2.45) is 0 Å². The van der Waals surface area contributed by atoms with Crippen molar-refractivity contribution in [2.45, 2.75) is 6.92 Å². The Hall–Kier alpha value is -1.40. The van der Waals surface area contributed by atoms with Crippen molar-refractivity contribution < 1.29 is 26.5 Å². The summed E-state index contributed by atoms with van der Waals surface area (Å²) in [6, 6.07) is 0.272. The van der Waals surface area contributed by atoms with Crippen molar-refractivity contribution >= 4 is 18.2 Å². The average Bonchev–Trinajstić information content (AvgIpc) is 2.00. The van der Waals surface area contributed by atoms with Gasteiger partial charge in [-0.1, -0.05) is 11.5 Å². The first-order chi connectivity index (χ1) is 6.73. The lowest BCUT2D eigenvalue weighted by Gasteiger charge is -2.16. The van der Waals surface area contributed by atoms with E-state index >= 15 is 0 Å². The molecule has 0 unspecified atom stereocenters. The SMILES string of the molecule is CC(=O)c1cc([B-](F)(F)F)c(F)cc1F. The second kappa shape index (κ2) is 3.64. The first-order valence-corrected chi connectivity index (χ1v) is 3.93. The van der Waals surface area contributed by atoms with E-state index in [9.17, 15) is 26.5 Å². The molecule has 0 aliphatic carbocycles. The van der Waals surface area contributed by atoms with Gasteiger partial charge in [0, 0.05) is 6.07 Å². The van der Waals surface area contributed by atoms with Gasteiger partial charge in [0.05, 0.1) is 11.4 Å². The van der Waals surface area contributed by atoms with Gasteiger partial charge in [-0.3, -0.25) is 4.79 Å². The molecule has 0 heterocycles. The Morgan fingerprint density at radius 2 is 1.67 bits per heavy atom. The molecule has 0 saturated carbocycles. The molecule has 82 valence electrons. The fourth-order valence-electron chi connectivity index (χ4n) is 1.09. The number of Topliss-reactive ketones (excluding diaryl/α,β-unsaturated/α-hetero) is 1. The van der Waals surface area contributed by atoms with Crippen molar-refractivity contribution in [3.63, 3.8) is 0 Å². The van der Waals surface area contributed by atoms with Crippen LogP contribution in [-0.4, -0.2) is 12.8 Å². The molecule has 0 saturated heterocycles. The number of carbonyl (C=O) groups is 1. The second-order valence-corrected chi connectivity index (χ2v) is 2.98. The third-order valence-corrected chi connectivity index (χ3v) is 1.82. The number of benzene rings is 1. The van der Waals surface area contributed by atoms with E-state index < -0.39 is 35.4 Å². The van der Waals surface area contributed by atoms with E-state index in [2.05, 4.69) is 0 Å². The fourth-order valence-corrected chi connectivity index (χ4v) is 1.09. The summed E-state index contributed by atoms with van der Waals surface area (Å²) in [5, 5.41) is 0. The fraction of sp³-hybridized carbons (Fsp3) is 0.125. The van der Waals surface area contributed by atoms with E-state index in [4.69, 9.17) is 0 Å². The van der Waals surface area contributed by atoms with Gasteiger partial charge in [0.25, 0.3) is 0 Å². The Morgan fingerprint density at radius 1 is 1.13 bits per heavy atom. The van der Waals surface area contributed by atoms with Gasteiger partial charge in [-0.25, -0.2) is 8.78 Å². The Balaban J connectivity index is 3.43. The smallest absolute Gasteiger partial charge is 0.445 e. The molecule has 0 atom stereocenters. The molecule has 0 aliphatic rings. The zero-order valence-electron chi connectivity index (χ0n) is 7.53. The van der Waals surface area contributed by atoms with E-state index in [-0.39, 0.29) is 12.1 Å². The molecular weight excluding hydrogens is 218 g/mol. The van der Waals surface area contributed by atoms with Crippen molar-refractivity contribution in [1.82, 2.24) is 0 Å². The lowest BCUT2D eigenvalue weighted by molar-refractivity contribution is 0.101. The summed E-state index contributed by atoms with van der Waals surface area (Å²) in [5.74, 6) is -3.87. The highest BCUT2D eigenvalue weighted by Gasteiger charge is 2.30. The number of halogens is 5. The molecule has 0 bridgehead atoms. The molecular formula is C8H5BF5O-. The van der Waals surface area contributed by atoms with Crippen LogP contribution in [0.4, 0.5) is 21.7 Å². The highest BCUT2D eigenvalue weighted by atomic mass is 19.4. The molecule has 0 amide bonds. The van der Waals surface area contributed by atoms with Crippen LogP contribution in [0, 0.1) is 11.6 Å². The lowest BCUT2D eigenvalue weighted by atomic mass is 9.78. The zero-order valence-corrected chi connectivity index (χ0v) is 7.53. The molecule has 0 spiro atoms. The number of hydrogen-bond donors (Lipinski definition) is 0. The monoisotopic (exact) mass is 223 g/mol. The summed E-state index contributed by atoms with van der Waals surface area (Å²) in [6.45, 7) is -4.68. The van der Waals surface area contributed by atoms with Gasteiger partial charge in [0.2, 0.25) is 0 Å². The van der Waals surface area contributed by atoms with Crippen LogP contribution >= 0.6 is 0 Å². The maximum atomic E-state index is 12.8. The molecule has 0 aliphatic heterocycles. The first kappa shape index (κ1) is 11.7. The summed E-state index contributed by atoms with van der Waals surface area (Å²) in [6.07, 6.45) is 0. The van der Waals surface area contributed by atoms with E-state index in [0.717, 1.165) is 6.92 Å². The Labute approximate surface area is 82.0 Å². The zero-order chi connectivity index (χ0) is 11.8. The third-order valence-electron chi connectivity index (χ3n) is 1.82. The number of carbonyl (C=O) groups excluding carboxylic acids is 1. The van der Waals surface area contributed by atoms with Gasteiger partial charge in [-0.05, 0) is 6.92 Å². The third kappa shape index (κ3) is 2.34. The lowest BCUT2D eigenvalue weighted by Crippen LogP contribution is -2.37. The quantitative estimate of drug-likeness (QED) is 0.426. The molecule has 0 aromatic heterocycles. The van der Waals surface area contributed by atoms with E-state index in [1.807, 2.05) is 0 Å². The molecule has 7 heteroatoms. The van der Waals surface area contributed by atoms with Crippen LogP contribution in [0.2, 0.25) is 0 Å². The highest BCUT2D eigenvalue weighted by Crippen LogP contribution is 2.16. The number of rotatable bonds is 2. The number of ketones is 1. The van der Waals surface area contributed by atoms with Crippen LogP contribution in [0.25, 0.3) is 0 Å². The maximum Gasteiger partial charge on any atom is 0.512 e. The Bertz CT molecular complexity index is 412. The molecule has 15 heavy (non-hydrogen) atoms. The largest absolute Gasteiger partial charge is 0.512 e. The van der Waals surface area contributed by atoms with Gasteiger partial charge in [-0.2, -0.15) is 0 Å². The number of hydrogen-bond acceptors (Lipinski definition) is 1. The Morgan fingerprint density at radius 3 is 2.07 bits per heavy atom. The highest BCUT2D eigenvalue weighted by molar-refractivity contribution is 6.73. The summed E-state index contributed by atoms with van der Waals surface area (Å²) in [4.78, 5) is 10.7. The summed E-state index contributed by atoms with van der Waals surface area (Å²) >= 11 is 0. The molecule has 1 rings (SSSR count). The minimum Gasteiger partial charge on any atom is -0.445 e. The predicted octanol–water partition coefficient (Wildman–Crippen LogP) is 2.22. The molecule has 0 N–H and O–H groups in total. The maximum absolute atomic E-state index is 12.8. The molecule has 1 aromatic carbocycles. The van der Waals surface area contributed by atoms with Crippen LogP contribution in [0.1, 0.15) is 17.3 Å². The van der Waals surface area contributed by atoms with Gasteiger partial charge in [-0.15, -0.1) is 0 Å². The summed E-state index contributed by atoms with van der Waals surface area (Å²) in [7, 11) is 0. The molecule has 1 nitrogen and oxygen atoms in total. The van der Waals surface area contributed by atoms with Gasteiger partial charge >= 0.3 is 6.98 Å². The van der Waals surface area contributed by atoms with Crippen molar-refractivity contribution in [2.75, 3.05) is 0 Å². The minimum absolute atomic E-state index is 0.0707. The first-order valence-electron chi connectivity index (χ1n) is 3.93. The van der Waals surface area contributed by atoms with E-state index in [1.54, 1.807) is 0 Å². The van der Waals surface area contributed by atoms with Gasteiger partial charge in [0.15, 0.2) is 5.78 Å². The van der Waals surface area contributed by atoms with Crippen molar-refractivity contribution in [1.29, 1.82) is 0 Å². The normalized spacial score (nSPS) is 11.6. The van der Waals surface area contributed by atoms with Crippen molar-refractivity contribution in [3.05, 3.63) is 29.3 Å². The Kier molecular flexibility index (Phi) is 2.83. The van der Waals surface area contributed by atoms with Crippen LogP contribution in [0.3, 0.4) is 0 Å². The van der Waals surface area contributed by atoms with Crippen LogP contribution in [0.5, 0.6) is 0 Å². The van der Waals surface area contributed by atoms with Crippen LogP contribution in [0.15, 0.2) is 12.1 Å². The minimum atomic E-state index is -5.59. The molecule has 0 radical (unpaired) electrons. The van der Waals surface area contributed by atoms with Gasteiger partial charge < -0.3 is 12.9 Å². The van der Waals surface area contributed by atoms with Crippen molar-refractivity contribution in [3.8, 4) is 0 Å². The topological polar surface area (TPSA) is 17.1 Å². The van der Waals surface area contributed by atoms with Gasteiger partial charge in [0.1, 0.15) is 5.82 Å². The molecule has 0 fully saturated rings.